The summed E-state index contributed by atoms with van der Waals surface area (Å²) in [7, 11) is 0. The molecule has 2 aromatic rings. The maximum atomic E-state index is 13.5. The molecule has 5 N–H and O–H groups in total. The number of halogens is 1. The van der Waals surface area contributed by atoms with Gasteiger partial charge >= 0.3 is 0 Å². The molecule has 1 unspecified atom stereocenters. The molecule has 9 nitrogen and oxygen atoms in total. The fraction of sp³-hybridized carbons (Fsp3) is 0.500. The van der Waals surface area contributed by atoms with Crippen molar-refractivity contribution in [1.29, 1.82) is 0 Å². The van der Waals surface area contributed by atoms with E-state index >= 15 is 0 Å². The summed E-state index contributed by atoms with van der Waals surface area (Å²) in [5.41, 5.74) is 5.55. The Morgan fingerprint density at radius 1 is 1.35 bits per heavy atom. The number of anilines is 1. The van der Waals surface area contributed by atoms with Crippen molar-refractivity contribution in [2.45, 2.75) is 24.5 Å². The number of fused-ring (bicyclic) bond motifs is 1. The number of hydrogen-bond donors (Lipinski definition) is 4. The van der Waals surface area contributed by atoms with Gasteiger partial charge in [0.25, 0.3) is 0 Å². The number of aromatic nitrogens is 4. The van der Waals surface area contributed by atoms with Crippen LogP contribution in [0, 0.1) is 5.95 Å². The highest BCUT2D eigenvalue weighted by atomic mass is 19.1. The first-order chi connectivity index (χ1) is 9.54. The van der Waals surface area contributed by atoms with Crippen molar-refractivity contribution in [3.05, 3.63) is 12.3 Å². The normalized spacial score (nSPS) is 30.2. The second-order valence-corrected chi connectivity index (χ2v) is 4.41. The molecular formula is C10H12FN5O4. The molecule has 0 aliphatic carbocycles. The standard InChI is InChI=1S/C10H12FN5O4/c11-7-4-8(14-2-13-7)16(10(12)15-4)9-6(19)5(18)3(1-17)20-9/h2-3,5-6,9,17-19H,1H2,(H2,12,15)/t3-,5-,6-,9?/m1/s1. The van der Waals surface area contributed by atoms with Crippen LogP contribution in [0.1, 0.15) is 6.23 Å². The van der Waals surface area contributed by atoms with E-state index in [2.05, 4.69) is 15.0 Å². The van der Waals surface area contributed by atoms with Gasteiger partial charge < -0.3 is 25.8 Å². The smallest absolute Gasteiger partial charge is 0.244 e. The van der Waals surface area contributed by atoms with Crippen LogP contribution in [0.3, 0.4) is 0 Å². The van der Waals surface area contributed by atoms with E-state index < -0.39 is 37.1 Å². The van der Waals surface area contributed by atoms with Crippen LogP contribution in [-0.4, -0.2) is 59.8 Å². The Morgan fingerprint density at radius 3 is 2.75 bits per heavy atom. The fourth-order valence-electron chi connectivity index (χ4n) is 2.24. The van der Waals surface area contributed by atoms with Gasteiger partial charge in [-0.25, -0.2) is 15.0 Å². The van der Waals surface area contributed by atoms with Crippen molar-refractivity contribution in [2.24, 2.45) is 0 Å². The monoisotopic (exact) mass is 285 g/mol. The highest BCUT2D eigenvalue weighted by molar-refractivity contribution is 5.73. The van der Waals surface area contributed by atoms with Gasteiger partial charge in [0, 0.05) is 0 Å². The summed E-state index contributed by atoms with van der Waals surface area (Å²) in [6.45, 7) is -0.482. The molecule has 0 amide bonds. The molecule has 3 heterocycles. The first-order valence-electron chi connectivity index (χ1n) is 5.81. The fourth-order valence-corrected chi connectivity index (χ4v) is 2.24. The zero-order chi connectivity index (χ0) is 14.4. The summed E-state index contributed by atoms with van der Waals surface area (Å²) < 4.78 is 20.0. The number of aliphatic hydroxyl groups excluding tert-OH is 3. The topological polar surface area (TPSA) is 140 Å². The van der Waals surface area contributed by atoms with Gasteiger partial charge in [-0.3, -0.25) is 4.57 Å². The molecule has 10 heteroatoms. The summed E-state index contributed by atoms with van der Waals surface area (Å²) in [6, 6.07) is 0. The van der Waals surface area contributed by atoms with E-state index in [-0.39, 0.29) is 17.1 Å². The van der Waals surface area contributed by atoms with Crippen LogP contribution >= 0.6 is 0 Å². The molecule has 0 saturated carbocycles. The lowest BCUT2D eigenvalue weighted by Gasteiger charge is -2.17. The van der Waals surface area contributed by atoms with E-state index in [4.69, 9.17) is 15.6 Å². The van der Waals surface area contributed by atoms with E-state index in [0.29, 0.717) is 0 Å². The predicted molar refractivity (Wildman–Crippen MR) is 62.7 cm³/mol. The zero-order valence-electron chi connectivity index (χ0n) is 10.1. The lowest BCUT2D eigenvalue weighted by molar-refractivity contribution is -0.0500. The molecule has 20 heavy (non-hydrogen) atoms. The first-order valence-corrected chi connectivity index (χ1v) is 5.81. The highest BCUT2D eigenvalue weighted by Crippen LogP contribution is 2.33. The van der Waals surface area contributed by atoms with E-state index in [0.717, 1.165) is 10.9 Å². The summed E-state index contributed by atoms with van der Waals surface area (Å²) in [4.78, 5) is 11.0. The number of nitrogens with zero attached hydrogens (tertiary/aromatic N) is 4. The Bertz CT molecular complexity index is 650. The average molecular weight is 285 g/mol. The third-order valence-electron chi connectivity index (χ3n) is 3.23. The number of nitrogens with two attached hydrogens (primary N) is 1. The largest absolute Gasteiger partial charge is 0.394 e. The maximum absolute atomic E-state index is 13.5. The number of imidazole rings is 1. The van der Waals surface area contributed by atoms with Gasteiger partial charge in [-0.05, 0) is 0 Å². The Balaban J connectivity index is 2.11. The SMILES string of the molecule is Nc1nc2c(F)ncnc2n1C1O[C@H](CO)[C@@H](O)[C@H]1O. The van der Waals surface area contributed by atoms with E-state index in [1.807, 2.05) is 0 Å². The van der Waals surface area contributed by atoms with Crippen LogP contribution in [-0.2, 0) is 4.74 Å². The van der Waals surface area contributed by atoms with Gasteiger partial charge in [-0.1, -0.05) is 0 Å². The van der Waals surface area contributed by atoms with Gasteiger partial charge in [-0.2, -0.15) is 4.39 Å². The minimum atomic E-state index is -1.36. The van der Waals surface area contributed by atoms with Crippen molar-refractivity contribution >= 4 is 17.1 Å². The van der Waals surface area contributed by atoms with Gasteiger partial charge in [0.2, 0.25) is 11.9 Å². The molecule has 1 aliphatic rings. The number of ether oxygens (including phenoxy) is 1. The molecular weight excluding hydrogens is 273 g/mol. The van der Waals surface area contributed by atoms with Gasteiger partial charge in [0.1, 0.15) is 24.6 Å². The molecule has 1 fully saturated rings. The molecule has 2 aromatic heterocycles. The molecule has 4 atom stereocenters. The summed E-state index contributed by atoms with van der Waals surface area (Å²) in [5, 5.41) is 28.7. The van der Waals surface area contributed by atoms with Crippen molar-refractivity contribution in [1.82, 2.24) is 19.5 Å². The van der Waals surface area contributed by atoms with Crippen LogP contribution in [0.4, 0.5) is 10.3 Å². The number of aliphatic hydroxyl groups is 3. The van der Waals surface area contributed by atoms with Gasteiger partial charge in [0.15, 0.2) is 17.4 Å². The number of nitrogen functional groups attached to an aromatic ring is 1. The van der Waals surface area contributed by atoms with Gasteiger partial charge in [-0.15, -0.1) is 0 Å². The first kappa shape index (κ1) is 13.1. The Morgan fingerprint density at radius 2 is 2.10 bits per heavy atom. The molecule has 108 valence electrons. The third-order valence-corrected chi connectivity index (χ3v) is 3.23. The Hall–Kier alpha value is -1.88. The minimum Gasteiger partial charge on any atom is -0.394 e. The van der Waals surface area contributed by atoms with Gasteiger partial charge in [0.05, 0.1) is 6.61 Å². The van der Waals surface area contributed by atoms with E-state index in [9.17, 15) is 14.6 Å². The summed E-state index contributed by atoms with van der Waals surface area (Å²) in [5.74, 6) is -0.999. The Kier molecular flexibility index (Phi) is 3.01. The lowest BCUT2D eigenvalue weighted by atomic mass is 10.1. The lowest BCUT2D eigenvalue weighted by Crippen LogP contribution is -2.33. The molecule has 0 radical (unpaired) electrons. The summed E-state index contributed by atoms with van der Waals surface area (Å²) in [6.07, 6.45) is -3.77. The van der Waals surface area contributed by atoms with Crippen LogP contribution in [0.5, 0.6) is 0 Å². The minimum absolute atomic E-state index is 0.0323. The van der Waals surface area contributed by atoms with Crippen LogP contribution in [0.15, 0.2) is 6.33 Å². The van der Waals surface area contributed by atoms with Crippen LogP contribution < -0.4 is 5.73 Å². The van der Waals surface area contributed by atoms with Crippen LogP contribution in [0.2, 0.25) is 0 Å². The average Bonchev–Trinajstić information content (AvgIpc) is 2.90. The van der Waals surface area contributed by atoms with Crippen molar-refractivity contribution < 1.29 is 24.4 Å². The molecule has 3 rings (SSSR count). The molecule has 0 spiro atoms. The Labute approximate surface area is 111 Å². The maximum Gasteiger partial charge on any atom is 0.244 e. The van der Waals surface area contributed by atoms with Crippen molar-refractivity contribution in [2.75, 3.05) is 12.3 Å². The zero-order valence-corrected chi connectivity index (χ0v) is 10.1. The second-order valence-electron chi connectivity index (χ2n) is 4.41. The van der Waals surface area contributed by atoms with E-state index in [1.54, 1.807) is 0 Å². The van der Waals surface area contributed by atoms with E-state index in [1.165, 1.54) is 0 Å². The molecule has 0 aromatic carbocycles. The number of hydrogen-bond acceptors (Lipinski definition) is 8. The van der Waals surface area contributed by atoms with Crippen molar-refractivity contribution in [3.8, 4) is 0 Å². The molecule has 1 saturated heterocycles. The highest BCUT2D eigenvalue weighted by Gasteiger charge is 2.44. The quantitative estimate of drug-likeness (QED) is 0.472. The molecule has 1 aliphatic heterocycles. The van der Waals surface area contributed by atoms with Crippen LogP contribution in [0.25, 0.3) is 11.2 Å². The van der Waals surface area contributed by atoms with Crippen molar-refractivity contribution in [3.63, 3.8) is 0 Å². The second kappa shape index (κ2) is 4.59. The number of rotatable bonds is 2. The molecule has 0 bridgehead atoms. The predicted octanol–water partition coefficient (Wildman–Crippen LogP) is -1.84. The third kappa shape index (κ3) is 1.73. The summed E-state index contributed by atoms with van der Waals surface area (Å²) >= 11 is 0.